The van der Waals surface area contributed by atoms with E-state index >= 15 is 0 Å². The van der Waals surface area contributed by atoms with Crippen molar-refractivity contribution in [3.63, 3.8) is 0 Å². The van der Waals surface area contributed by atoms with Gasteiger partial charge in [0.15, 0.2) is 17.4 Å². The molecule has 2 N–H and O–H groups in total. The van der Waals surface area contributed by atoms with E-state index in [9.17, 15) is 8.78 Å². The standard InChI is InChI=1S/C14H19F2NO/c1-2-3-4-5-6-7-18-14-12(15)8-11(10-17)9-13(14)16/h2,8-9H,1,3-7,10,17H2. The van der Waals surface area contributed by atoms with Crippen molar-refractivity contribution in [1.82, 2.24) is 0 Å². The van der Waals surface area contributed by atoms with E-state index in [1.807, 2.05) is 6.08 Å². The summed E-state index contributed by atoms with van der Waals surface area (Å²) in [5, 5.41) is 0. The zero-order valence-corrected chi connectivity index (χ0v) is 10.4. The van der Waals surface area contributed by atoms with Gasteiger partial charge < -0.3 is 10.5 Å². The summed E-state index contributed by atoms with van der Waals surface area (Å²) < 4.78 is 32.1. The molecule has 0 saturated carbocycles. The number of nitrogens with two attached hydrogens (primary N) is 1. The Bertz CT molecular complexity index is 370. The van der Waals surface area contributed by atoms with Gasteiger partial charge in [-0.3, -0.25) is 0 Å². The quantitative estimate of drug-likeness (QED) is 0.569. The molecule has 0 aliphatic carbocycles. The maximum absolute atomic E-state index is 13.5. The average molecular weight is 255 g/mol. The summed E-state index contributed by atoms with van der Waals surface area (Å²) in [6.07, 6.45) is 5.55. The molecule has 18 heavy (non-hydrogen) atoms. The molecule has 0 aliphatic rings. The minimum atomic E-state index is -0.693. The predicted molar refractivity (Wildman–Crippen MR) is 68.4 cm³/mol. The van der Waals surface area contributed by atoms with E-state index in [1.165, 1.54) is 12.1 Å². The first-order valence-electron chi connectivity index (χ1n) is 6.10. The smallest absolute Gasteiger partial charge is 0.190 e. The number of halogens is 2. The third-order valence-electron chi connectivity index (χ3n) is 2.59. The van der Waals surface area contributed by atoms with Gasteiger partial charge >= 0.3 is 0 Å². The molecule has 0 amide bonds. The SMILES string of the molecule is C=CCCCCCOc1c(F)cc(CN)cc1F. The van der Waals surface area contributed by atoms with Crippen LogP contribution in [0.15, 0.2) is 24.8 Å². The van der Waals surface area contributed by atoms with Gasteiger partial charge in [-0.1, -0.05) is 6.08 Å². The fourth-order valence-electron chi connectivity index (χ4n) is 1.61. The van der Waals surface area contributed by atoms with Crippen LogP contribution in [0, 0.1) is 11.6 Å². The van der Waals surface area contributed by atoms with Gasteiger partial charge in [0.1, 0.15) is 0 Å². The Morgan fingerprint density at radius 2 is 1.83 bits per heavy atom. The Kier molecular flexibility index (Phi) is 6.36. The fourth-order valence-corrected chi connectivity index (χ4v) is 1.61. The van der Waals surface area contributed by atoms with Gasteiger partial charge in [-0.2, -0.15) is 0 Å². The van der Waals surface area contributed by atoms with Gasteiger partial charge in [0, 0.05) is 6.54 Å². The van der Waals surface area contributed by atoms with Gasteiger partial charge in [-0.05, 0) is 43.4 Å². The normalized spacial score (nSPS) is 10.4. The molecule has 0 spiro atoms. The molecule has 0 aromatic heterocycles. The molecule has 1 aromatic carbocycles. The monoisotopic (exact) mass is 255 g/mol. The number of hydrogen-bond acceptors (Lipinski definition) is 2. The molecule has 2 nitrogen and oxygen atoms in total. The Morgan fingerprint density at radius 1 is 1.17 bits per heavy atom. The molecule has 100 valence electrons. The lowest BCUT2D eigenvalue weighted by Crippen LogP contribution is -2.04. The van der Waals surface area contributed by atoms with Gasteiger partial charge in [-0.25, -0.2) is 8.78 Å². The fraction of sp³-hybridized carbons (Fsp3) is 0.429. The second-order valence-electron chi connectivity index (χ2n) is 4.08. The molecule has 0 radical (unpaired) electrons. The summed E-state index contributed by atoms with van der Waals surface area (Å²) in [4.78, 5) is 0. The minimum absolute atomic E-state index is 0.107. The summed E-state index contributed by atoms with van der Waals surface area (Å²) in [5.41, 5.74) is 5.74. The van der Waals surface area contributed by atoms with E-state index in [0.29, 0.717) is 12.2 Å². The van der Waals surface area contributed by atoms with Crippen LogP contribution in [-0.4, -0.2) is 6.61 Å². The Labute approximate surface area is 106 Å². The van der Waals surface area contributed by atoms with Crippen molar-refractivity contribution in [2.75, 3.05) is 6.61 Å². The van der Waals surface area contributed by atoms with Crippen LogP contribution in [0.5, 0.6) is 5.75 Å². The number of rotatable bonds is 8. The van der Waals surface area contributed by atoms with Gasteiger partial charge in [0.2, 0.25) is 0 Å². The van der Waals surface area contributed by atoms with Crippen molar-refractivity contribution < 1.29 is 13.5 Å². The molecule has 0 bridgehead atoms. The van der Waals surface area contributed by atoms with Crippen molar-refractivity contribution >= 4 is 0 Å². The molecule has 1 rings (SSSR count). The molecule has 0 aliphatic heterocycles. The second kappa shape index (κ2) is 7.82. The third kappa shape index (κ3) is 4.45. The summed E-state index contributed by atoms with van der Waals surface area (Å²) in [6.45, 7) is 4.04. The van der Waals surface area contributed by atoms with Crippen molar-refractivity contribution in [2.45, 2.75) is 32.2 Å². The minimum Gasteiger partial charge on any atom is -0.488 e. The van der Waals surface area contributed by atoms with E-state index in [-0.39, 0.29) is 12.3 Å². The molecule has 4 heteroatoms. The lowest BCUT2D eigenvalue weighted by molar-refractivity contribution is 0.275. The average Bonchev–Trinajstić information content (AvgIpc) is 2.35. The molecule has 0 unspecified atom stereocenters. The Morgan fingerprint density at radius 3 is 2.39 bits per heavy atom. The van der Waals surface area contributed by atoms with Crippen LogP contribution in [0.25, 0.3) is 0 Å². The van der Waals surface area contributed by atoms with Gasteiger partial charge in [-0.15, -0.1) is 6.58 Å². The van der Waals surface area contributed by atoms with E-state index in [4.69, 9.17) is 10.5 Å². The van der Waals surface area contributed by atoms with Crippen LogP contribution < -0.4 is 10.5 Å². The van der Waals surface area contributed by atoms with E-state index < -0.39 is 11.6 Å². The molecule has 1 aromatic rings. The molecule has 0 saturated heterocycles. The summed E-state index contributed by atoms with van der Waals surface area (Å²) >= 11 is 0. The van der Waals surface area contributed by atoms with Crippen molar-refractivity contribution in [3.8, 4) is 5.75 Å². The maximum Gasteiger partial charge on any atom is 0.190 e. The van der Waals surface area contributed by atoms with E-state index in [0.717, 1.165) is 25.7 Å². The van der Waals surface area contributed by atoms with Crippen molar-refractivity contribution in [3.05, 3.63) is 42.0 Å². The highest BCUT2D eigenvalue weighted by molar-refractivity contribution is 5.31. The zero-order chi connectivity index (χ0) is 13.4. The zero-order valence-electron chi connectivity index (χ0n) is 10.4. The summed E-state index contributed by atoms with van der Waals surface area (Å²) in [6, 6.07) is 2.41. The van der Waals surface area contributed by atoms with E-state index in [2.05, 4.69) is 6.58 Å². The van der Waals surface area contributed by atoms with Crippen LogP contribution >= 0.6 is 0 Å². The highest BCUT2D eigenvalue weighted by Gasteiger charge is 2.11. The Balaban J connectivity index is 2.44. The molecular formula is C14H19F2NO. The van der Waals surface area contributed by atoms with Crippen LogP contribution in [-0.2, 0) is 6.54 Å². The van der Waals surface area contributed by atoms with Gasteiger partial charge in [0.25, 0.3) is 0 Å². The van der Waals surface area contributed by atoms with Crippen LogP contribution in [0.4, 0.5) is 8.78 Å². The molecule has 0 heterocycles. The highest BCUT2D eigenvalue weighted by Crippen LogP contribution is 2.23. The summed E-state index contributed by atoms with van der Waals surface area (Å²) in [7, 11) is 0. The summed E-state index contributed by atoms with van der Waals surface area (Å²) in [5.74, 6) is -1.70. The number of benzene rings is 1. The first-order valence-corrected chi connectivity index (χ1v) is 6.10. The first-order chi connectivity index (χ1) is 8.69. The Hall–Kier alpha value is -1.42. The highest BCUT2D eigenvalue weighted by atomic mass is 19.1. The lowest BCUT2D eigenvalue weighted by atomic mass is 10.2. The third-order valence-corrected chi connectivity index (χ3v) is 2.59. The second-order valence-corrected chi connectivity index (χ2v) is 4.08. The lowest BCUT2D eigenvalue weighted by Gasteiger charge is -2.09. The molecule has 0 fully saturated rings. The molecule has 0 atom stereocenters. The first kappa shape index (κ1) is 14.6. The van der Waals surface area contributed by atoms with Crippen LogP contribution in [0.3, 0.4) is 0 Å². The van der Waals surface area contributed by atoms with Crippen LogP contribution in [0.1, 0.15) is 31.2 Å². The van der Waals surface area contributed by atoms with Crippen LogP contribution in [0.2, 0.25) is 0 Å². The molecular weight excluding hydrogens is 236 g/mol. The largest absolute Gasteiger partial charge is 0.488 e. The number of allylic oxidation sites excluding steroid dienone is 1. The number of unbranched alkanes of at least 4 members (excludes halogenated alkanes) is 3. The number of ether oxygens (including phenoxy) is 1. The van der Waals surface area contributed by atoms with Crippen molar-refractivity contribution in [1.29, 1.82) is 0 Å². The topological polar surface area (TPSA) is 35.2 Å². The van der Waals surface area contributed by atoms with Crippen molar-refractivity contribution in [2.24, 2.45) is 5.73 Å². The van der Waals surface area contributed by atoms with Gasteiger partial charge in [0.05, 0.1) is 6.61 Å². The number of hydrogen-bond donors (Lipinski definition) is 1. The maximum atomic E-state index is 13.5. The predicted octanol–water partition coefficient (Wildman–Crippen LogP) is 3.55. The van der Waals surface area contributed by atoms with E-state index in [1.54, 1.807) is 0 Å².